The lowest BCUT2D eigenvalue weighted by Crippen LogP contribution is -2.47. The Morgan fingerprint density at radius 3 is 2.74 bits per heavy atom. The van der Waals surface area contributed by atoms with E-state index < -0.39 is 16.3 Å². The third-order valence-corrected chi connectivity index (χ3v) is 6.38. The molecule has 2 aromatic rings. The van der Waals surface area contributed by atoms with E-state index in [0.717, 1.165) is 16.8 Å². The van der Waals surface area contributed by atoms with Gasteiger partial charge in [0.25, 0.3) is 10.2 Å². The maximum absolute atomic E-state index is 13.4. The molecule has 1 atom stereocenters. The fraction of sp³-hybridized carbons (Fsp3) is 0.421. The molecule has 0 unspecified atom stereocenters. The maximum Gasteiger partial charge on any atom is 0.281 e. The average Bonchev–Trinajstić information content (AvgIpc) is 2.61. The van der Waals surface area contributed by atoms with Crippen molar-refractivity contribution in [1.82, 2.24) is 13.6 Å². The normalized spacial score (nSPS) is 18.8. The summed E-state index contributed by atoms with van der Waals surface area (Å²) >= 11 is 0. The Balaban J connectivity index is 1.83. The summed E-state index contributed by atoms with van der Waals surface area (Å²) in [5.41, 5.74) is 3.36. The summed E-state index contributed by atoms with van der Waals surface area (Å²) in [6, 6.07) is 10.4. The maximum atomic E-state index is 13.4. The molecule has 1 aromatic carbocycles. The molecule has 0 aliphatic carbocycles. The van der Waals surface area contributed by atoms with Gasteiger partial charge in [0.15, 0.2) is 0 Å². The van der Waals surface area contributed by atoms with E-state index in [0.29, 0.717) is 25.3 Å². The predicted octanol–water partition coefficient (Wildman–Crippen LogP) is 2.30. The van der Waals surface area contributed by atoms with Crippen LogP contribution >= 0.6 is 0 Å². The molecular weight excluding hydrogens is 369 g/mol. The van der Waals surface area contributed by atoms with Crippen molar-refractivity contribution >= 4 is 10.2 Å². The molecule has 3 rings (SSSR count). The summed E-state index contributed by atoms with van der Waals surface area (Å²) in [5, 5.41) is 0. The second kappa shape index (κ2) is 8.02. The van der Waals surface area contributed by atoms with Gasteiger partial charge in [0, 0.05) is 32.9 Å². The van der Waals surface area contributed by atoms with Crippen molar-refractivity contribution in [3.63, 3.8) is 0 Å². The molecule has 2 heterocycles. The molecule has 0 bridgehead atoms. The van der Waals surface area contributed by atoms with E-state index in [-0.39, 0.29) is 12.4 Å². The first-order chi connectivity index (χ1) is 12.8. The van der Waals surface area contributed by atoms with Crippen LogP contribution in [0.25, 0.3) is 0 Å². The van der Waals surface area contributed by atoms with Gasteiger partial charge in [-0.05, 0) is 48.7 Å². The summed E-state index contributed by atoms with van der Waals surface area (Å²) in [5.74, 6) is -0.265. The molecule has 146 valence electrons. The molecule has 1 aliphatic rings. The van der Waals surface area contributed by atoms with Gasteiger partial charge in [0.2, 0.25) is 0 Å². The smallest absolute Gasteiger partial charge is 0.281 e. The number of ether oxygens (including phenoxy) is 1. The van der Waals surface area contributed by atoms with Crippen molar-refractivity contribution in [3.05, 3.63) is 64.7 Å². The van der Waals surface area contributed by atoms with E-state index in [2.05, 4.69) is 4.98 Å². The molecule has 6 nitrogen and oxygen atoms in total. The van der Waals surface area contributed by atoms with Crippen molar-refractivity contribution < 1.29 is 17.5 Å². The predicted molar refractivity (Wildman–Crippen MR) is 101 cm³/mol. The molecule has 0 amide bonds. The number of rotatable bonds is 5. The van der Waals surface area contributed by atoms with E-state index in [1.54, 1.807) is 6.07 Å². The summed E-state index contributed by atoms with van der Waals surface area (Å²) in [7, 11) is -0.466. The monoisotopic (exact) mass is 393 g/mol. The van der Waals surface area contributed by atoms with Gasteiger partial charge < -0.3 is 4.74 Å². The van der Waals surface area contributed by atoms with E-state index in [9.17, 15) is 12.8 Å². The molecule has 0 spiro atoms. The van der Waals surface area contributed by atoms with Crippen LogP contribution in [0.4, 0.5) is 4.39 Å². The molecule has 0 saturated carbocycles. The number of aryl methyl sites for hydroxylation is 1. The Morgan fingerprint density at radius 2 is 2.04 bits per heavy atom. The topological polar surface area (TPSA) is 62.7 Å². The van der Waals surface area contributed by atoms with Gasteiger partial charge in [0.05, 0.1) is 12.3 Å². The van der Waals surface area contributed by atoms with Gasteiger partial charge in [-0.1, -0.05) is 12.1 Å². The van der Waals surface area contributed by atoms with Gasteiger partial charge >= 0.3 is 0 Å². The van der Waals surface area contributed by atoms with Crippen molar-refractivity contribution in [1.29, 1.82) is 0 Å². The molecule has 0 N–H and O–H groups in total. The quantitative estimate of drug-likeness (QED) is 0.782. The SMILES string of the molecule is Cc1cc(Cc2cccc(F)c2)cc([C@H]2CN(S(=O)(=O)N(C)C)CCO2)n1. The van der Waals surface area contributed by atoms with Crippen LogP contribution in [0.1, 0.15) is 28.6 Å². The highest BCUT2D eigenvalue weighted by Gasteiger charge is 2.32. The Hall–Kier alpha value is -1.87. The van der Waals surface area contributed by atoms with Crippen molar-refractivity contribution in [2.75, 3.05) is 33.8 Å². The second-order valence-corrected chi connectivity index (χ2v) is 9.00. The standard InChI is InChI=1S/C19H24FN3O3S/c1-14-9-16(10-15-5-4-6-17(20)11-15)12-18(21-14)19-13-23(7-8-26-19)27(24,25)22(2)3/h4-6,9,11-12,19H,7-8,10,13H2,1-3H3/t19-/m1/s1. The lowest BCUT2D eigenvalue weighted by atomic mass is 10.0. The summed E-state index contributed by atoms with van der Waals surface area (Å²) < 4.78 is 46.7. The van der Waals surface area contributed by atoms with Crippen LogP contribution < -0.4 is 0 Å². The van der Waals surface area contributed by atoms with Crippen LogP contribution in [0, 0.1) is 12.7 Å². The third-order valence-electron chi connectivity index (χ3n) is 4.48. The lowest BCUT2D eigenvalue weighted by molar-refractivity contribution is -0.00633. The zero-order valence-corrected chi connectivity index (χ0v) is 16.5. The number of morpholine rings is 1. The number of hydrogen-bond donors (Lipinski definition) is 0. The summed E-state index contributed by atoms with van der Waals surface area (Å²) in [6.45, 7) is 2.73. The number of aromatic nitrogens is 1. The van der Waals surface area contributed by atoms with Crippen molar-refractivity contribution in [2.24, 2.45) is 0 Å². The van der Waals surface area contributed by atoms with Crippen molar-refractivity contribution in [2.45, 2.75) is 19.4 Å². The number of benzene rings is 1. The fourth-order valence-corrected chi connectivity index (χ4v) is 4.25. The van der Waals surface area contributed by atoms with Crippen LogP contribution in [0.3, 0.4) is 0 Å². The Bertz CT molecular complexity index is 918. The van der Waals surface area contributed by atoms with Gasteiger partial charge in [-0.3, -0.25) is 4.98 Å². The zero-order chi connectivity index (χ0) is 19.6. The Kier molecular flexibility index (Phi) is 5.90. The van der Waals surface area contributed by atoms with Gasteiger partial charge in [-0.25, -0.2) is 4.39 Å². The van der Waals surface area contributed by atoms with Crippen LogP contribution in [0.5, 0.6) is 0 Å². The van der Waals surface area contributed by atoms with Crippen LogP contribution in [0.2, 0.25) is 0 Å². The largest absolute Gasteiger partial charge is 0.369 e. The highest BCUT2D eigenvalue weighted by Crippen LogP contribution is 2.25. The second-order valence-electron chi connectivity index (χ2n) is 6.86. The van der Waals surface area contributed by atoms with Gasteiger partial charge in [0.1, 0.15) is 11.9 Å². The summed E-state index contributed by atoms with van der Waals surface area (Å²) in [6.07, 6.45) is 0.139. The third kappa shape index (κ3) is 4.70. The van der Waals surface area contributed by atoms with Crippen LogP contribution in [0.15, 0.2) is 36.4 Å². The molecule has 1 fully saturated rings. The number of halogens is 1. The van der Waals surface area contributed by atoms with Gasteiger partial charge in [-0.2, -0.15) is 17.0 Å². The van der Waals surface area contributed by atoms with Gasteiger partial charge in [-0.15, -0.1) is 0 Å². The minimum absolute atomic E-state index is 0.219. The van der Waals surface area contributed by atoms with E-state index in [4.69, 9.17) is 4.74 Å². The molecule has 27 heavy (non-hydrogen) atoms. The lowest BCUT2D eigenvalue weighted by Gasteiger charge is -2.33. The first-order valence-corrected chi connectivity index (χ1v) is 10.2. The number of nitrogens with zero attached hydrogens (tertiary/aromatic N) is 3. The fourth-order valence-electron chi connectivity index (χ4n) is 3.16. The highest BCUT2D eigenvalue weighted by atomic mass is 32.2. The first-order valence-electron chi connectivity index (χ1n) is 8.77. The number of pyridine rings is 1. The Morgan fingerprint density at radius 1 is 1.26 bits per heavy atom. The Labute approximate surface area is 159 Å². The van der Waals surface area contributed by atoms with Crippen LogP contribution in [-0.4, -0.2) is 55.8 Å². The minimum Gasteiger partial charge on any atom is -0.369 e. The molecule has 1 aliphatic heterocycles. The van der Waals surface area contributed by atoms with E-state index >= 15 is 0 Å². The van der Waals surface area contributed by atoms with Crippen molar-refractivity contribution in [3.8, 4) is 0 Å². The molecule has 1 saturated heterocycles. The first kappa shape index (κ1) is 19.9. The molecule has 0 radical (unpaired) electrons. The molecule has 8 heteroatoms. The molecule has 1 aromatic heterocycles. The van der Waals surface area contributed by atoms with E-state index in [1.165, 1.54) is 34.8 Å². The zero-order valence-electron chi connectivity index (χ0n) is 15.7. The summed E-state index contributed by atoms with van der Waals surface area (Å²) in [4.78, 5) is 4.54. The number of hydrogen-bond acceptors (Lipinski definition) is 4. The minimum atomic E-state index is -3.50. The van der Waals surface area contributed by atoms with Crippen LogP contribution in [-0.2, 0) is 21.4 Å². The molecular formula is C19H24FN3O3S. The average molecular weight is 393 g/mol. The van der Waals surface area contributed by atoms with E-state index in [1.807, 2.05) is 25.1 Å². The highest BCUT2D eigenvalue weighted by molar-refractivity contribution is 7.86.